The highest BCUT2D eigenvalue weighted by Gasteiger charge is 2.22. The predicted molar refractivity (Wildman–Crippen MR) is 199 cm³/mol. The fourth-order valence-corrected chi connectivity index (χ4v) is 5.34. The van der Waals surface area contributed by atoms with Crippen molar-refractivity contribution in [3.63, 3.8) is 0 Å². The maximum atomic E-state index is 12.3. The molecule has 0 aliphatic rings. The number of hydrogen-bond donors (Lipinski definition) is 3. The molecule has 2 atom stereocenters. The molecule has 1 unspecified atom stereocenters. The number of esters is 2. The van der Waals surface area contributed by atoms with Crippen LogP contribution >= 0.6 is 7.82 Å². The van der Waals surface area contributed by atoms with Crippen LogP contribution in [-0.4, -0.2) is 52.3 Å². The summed E-state index contributed by atoms with van der Waals surface area (Å²) in [6.07, 6.45) is 34.4. The molecule has 0 bridgehead atoms. The number of phosphoric ester groups is 1. The smallest absolute Gasteiger partial charge is 0.462 e. The molecule has 0 rings (SSSR count). The van der Waals surface area contributed by atoms with Crippen LogP contribution in [0.2, 0.25) is 0 Å². The van der Waals surface area contributed by atoms with E-state index in [1.54, 1.807) is 12.2 Å². The normalized spacial score (nSPS) is 13.8. The number of aliphatic hydroxyl groups excluding tert-OH is 1. The first-order valence-electron chi connectivity index (χ1n) is 18.9. The average Bonchev–Trinajstić information content (AvgIpc) is 3.04. The van der Waals surface area contributed by atoms with E-state index in [0.29, 0.717) is 25.7 Å². The van der Waals surface area contributed by atoms with Gasteiger partial charge in [-0.2, -0.15) is 0 Å². The Balaban J connectivity index is 4.18. The summed E-state index contributed by atoms with van der Waals surface area (Å²) in [6.45, 7) is 5.82. The summed E-state index contributed by atoms with van der Waals surface area (Å²) in [5.74, 6) is -0.226. The zero-order valence-corrected chi connectivity index (χ0v) is 31.7. The van der Waals surface area contributed by atoms with Crippen molar-refractivity contribution >= 4 is 19.8 Å². The topological polar surface area (TPSA) is 140 Å². The SMILES string of the molecule is CCCCC/C=C\C/C=C\CC(O)/C=C\C=C\CCCC(=O)O[C@H](COC(=O)CCCCCCCCCCCCC(C)C)COP(=O)(O)O. The molecule has 0 saturated carbocycles. The Morgan fingerprint density at radius 2 is 1.31 bits per heavy atom. The number of hydrogen-bond acceptors (Lipinski definition) is 7. The van der Waals surface area contributed by atoms with Gasteiger partial charge in [-0.3, -0.25) is 14.1 Å². The summed E-state index contributed by atoms with van der Waals surface area (Å²) in [5.41, 5.74) is 0. The monoisotopic (exact) mass is 712 g/mol. The second-order valence-corrected chi connectivity index (χ2v) is 14.5. The third-order valence-electron chi connectivity index (χ3n) is 7.86. The number of carbonyl (C=O) groups is 2. The summed E-state index contributed by atoms with van der Waals surface area (Å²) in [7, 11) is -4.79. The Hall–Kier alpha value is -2.03. The van der Waals surface area contributed by atoms with Crippen molar-refractivity contribution < 1.29 is 43.0 Å². The summed E-state index contributed by atoms with van der Waals surface area (Å²) < 4.78 is 26.2. The van der Waals surface area contributed by atoms with Gasteiger partial charge < -0.3 is 24.4 Å². The van der Waals surface area contributed by atoms with Crippen molar-refractivity contribution in [2.24, 2.45) is 5.92 Å². The Labute approximate surface area is 297 Å². The van der Waals surface area contributed by atoms with Crippen molar-refractivity contribution in [1.82, 2.24) is 0 Å². The van der Waals surface area contributed by atoms with Crippen molar-refractivity contribution in [1.29, 1.82) is 0 Å². The van der Waals surface area contributed by atoms with E-state index in [1.807, 2.05) is 18.2 Å². The van der Waals surface area contributed by atoms with Crippen LogP contribution in [0.3, 0.4) is 0 Å². The molecule has 0 aromatic rings. The number of rotatable bonds is 33. The van der Waals surface area contributed by atoms with Crippen LogP contribution in [0, 0.1) is 5.92 Å². The molecule has 0 saturated heterocycles. The second-order valence-electron chi connectivity index (χ2n) is 13.2. The van der Waals surface area contributed by atoms with Crippen LogP contribution in [0.4, 0.5) is 0 Å². The number of allylic oxidation sites excluding steroid dienone is 6. The molecule has 0 aliphatic carbocycles. The van der Waals surface area contributed by atoms with Gasteiger partial charge >= 0.3 is 19.8 Å². The lowest BCUT2D eigenvalue weighted by Gasteiger charge is -2.18. The van der Waals surface area contributed by atoms with Crippen molar-refractivity contribution in [3.8, 4) is 0 Å². The third-order valence-corrected chi connectivity index (χ3v) is 8.34. The fraction of sp³-hybridized carbons (Fsp3) is 0.744. The van der Waals surface area contributed by atoms with Gasteiger partial charge in [-0.15, -0.1) is 0 Å². The Morgan fingerprint density at radius 1 is 0.694 bits per heavy atom. The van der Waals surface area contributed by atoms with Gasteiger partial charge in [0.15, 0.2) is 6.10 Å². The molecule has 0 radical (unpaired) electrons. The summed E-state index contributed by atoms with van der Waals surface area (Å²) in [6, 6.07) is 0. The molecule has 10 heteroatoms. The summed E-state index contributed by atoms with van der Waals surface area (Å²) >= 11 is 0. The highest BCUT2D eigenvalue weighted by molar-refractivity contribution is 7.46. The van der Waals surface area contributed by atoms with E-state index >= 15 is 0 Å². The maximum absolute atomic E-state index is 12.3. The van der Waals surface area contributed by atoms with Gasteiger partial charge in [-0.05, 0) is 50.9 Å². The minimum Gasteiger partial charge on any atom is -0.462 e. The van der Waals surface area contributed by atoms with Crippen LogP contribution < -0.4 is 0 Å². The molecule has 284 valence electrons. The number of carbonyl (C=O) groups excluding carboxylic acids is 2. The lowest BCUT2D eigenvalue weighted by atomic mass is 10.0. The lowest BCUT2D eigenvalue weighted by Crippen LogP contribution is -2.29. The Kier molecular flexibility index (Phi) is 31.8. The van der Waals surface area contributed by atoms with Crippen molar-refractivity contribution in [3.05, 3.63) is 48.6 Å². The van der Waals surface area contributed by atoms with Crippen LogP contribution in [0.5, 0.6) is 0 Å². The van der Waals surface area contributed by atoms with Gasteiger partial charge in [0.2, 0.25) is 0 Å². The minimum absolute atomic E-state index is 0.0764. The zero-order chi connectivity index (χ0) is 36.4. The van der Waals surface area contributed by atoms with Gasteiger partial charge in [-0.25, -0.2) is 4.57 Å². The first-order chi connectivity index (χ1) is 23.5. The van der Waals surface area contributed by atoms with Crippen molar-refractivity contribution in [2.45, 2.75) is 168 Å². The van der Waals surface area contributed by atoms with Gasteiger partial charge in [0, 0.05) is 12.8 Å². The number of phosphoric acid groups is 1. The van der Waals surface area contributed by atoms with E-state index in [1.165, 1.54) is 64.2 Å². The average molecular weight is 713 g/mol. The molecule has 3 N–H and O–H groups in total. The molecule has 49 heavy (non-hydrogen) atoms. The fourth-order valence-electron chi connectivity index (χ4n) is 4.98. The summed E-state index contributed by atoms with van der Waals surface area (Å²) in [5, 5.41) is 10.1. The van der Waals surface area contributed by atoms with Gasteiger partial charge in [0.05, 0.1) is 12.7 Å². The van der Waals surface area contributed by atoms with Gasteiger partial charge in [0.1, 0.15) is 6.61 Å². The molecule has 0 aromatic heterocycles. The molecule has 0 aliphatic heterocycles. The predicted octanol–water partition coefficient (Wildman–Crippen LogP) is 10.0. The zero-order valence-electron chi connectivity index (χ0n) is 30.9. The molecular formula is C39H69O9P. The number of aliphatic hydroxyl groups is 1. The van der Waals surface area contributed by atoms with E-state index in [0.717, 1.165) is 38.0 Å². The van der Waals surface area contributed by atoms with Crippen molar-refractivity contribution in [2.75, 3.05) is 13.2 Å². The first kappa shape index (κ1) is 47.0. The largest absolute Gasteiger partial charge is 0.469 e. The van der Waals surface area contributed by atoms with Crippen LogP contribution in [0.25, 0.3) is 0 Å². The quantitative estimate of drug-likeness (QED) is 0.0199. The molecule has 0 spiro atoms. The van der Waals surface area contributed by atoms with E-state index in [-0.39, 0.29) is 19.4 Å². The van der Waals surface area contributed by atoms with Crippen LogP contribution in [0.15, 0.2) is 48.6 Å². The standard InChI is InChI=1S/C39H69O9P/c1-4-5-6-7-8-11-15-19-24-29-36(40)30-25-20-17-22-27-32-39(42)48-37(34-47-49(43,44)45)33-46-38(41)31-26-21-16-13-10-9-12-14-18-23-28-35(2)3/h8,11,17,19-20,24-25,30,35-37,40H,4-7,9-10,12-16,18,21-23,26-29,31-34H2,1-3H3,(H2,43,44,45)/b11-8-,20-17+,24-19-,30-25-/t36?,37-/m1/s1. The lowest BCUT2D eigenvalue weighted by molar-refractivity contribution is -0.161. The number of ether oxygens (including phenoxy) is 2. The molecule has 0 aromatic carbocycles. The highest BCUT2D eigenvalue weighted by atomic mass is 31.2. The molecule has 0 amide bonds. The third kappa shape index (κ3) is 37.1. The van der Waals surface area contributed by atoms with E-state index in [9.17, 15) is 19.3 Å². The highest BCUT2D eigenvalue weighted by Crippen LogP contribution is 2.36. The minimum atomic E-state index is -4.79. The van der Waals surface area contributed by atoms with Crippen LogP contribution in [0.1, 0.15) is 156 Å². The van der Waals surface area contributed by atoms with E-state index in [2.05, 4.69) is 43.5 Å². The van der Waals surface area contributed by atoms with Gasteiger partial charge in [0.25, 0.3) is 0 Å². The van der Waals surface area contributed by atoms with E-state index in [4.69, 9.17) is 19.3 Å². The first-order valence-corrected chi connectivity index (χ1v) is 20.4. The molecule has 0 heterocycles. The van der Waals surface area contributed by atoms with E-state index < -0.39 is 38.6 Å². The Morgan fingerprint density at radius 3 is 1.96 bits per heavy atom. The molecule has 0 fully saturated rings. The Bertz CT molecular complexity index is 968. The molecular weight excluding hydrogens is 643 g/mol. The molecule has 9 nitrogen and oxygen atoms in total. The van der Waals surface area contributed by atoms with Crippen LogP contribution in [-0.2, 0) is 28.2 Å². The second kappa shape index (κ2) is 33.1. The number of unbranched alkanes of at least 4 members (excludes halogenated alkanes) is 13. The summed E-state index contributed by atoms with van der Waals surface area (Å²) in [4.78, 5) is 42.7. The maximum Gasteiger partial charge on any atom is 0.469 e. The van der Waals surface area contributed by atoms with Gasteiger partial charge in [-0.1, -0.05) is 146 Å².